The second kappa shape index (κ2) is 5.88. The minimum Gasteiger partial charge on any atom is -0.357 e. The zero-order chi connectivity index (χ0) is 14.7. The highest BCUT2D eigenvalue weighted by Crippen LogP contribution is 2.26. The van der Waals surface area contributed by atoms with Crippen molar-refractivity contribution in [3.8, 4) is 5.95 Å². The Hall–Kier alpha value is -2.48. The number of rotatable bonds is 4. The Bertz CT molecular complexity index is 742. The summed E-state index contributed by atoms with van der Waals surface area (Å²) in [5.41, 5.74) is 1.19. The molecule has 0 fully saturated rings. The van der Waals surface area contributed by atoms with Crippen LogP contribution in [0.4, 0.5) is 5.95 Å². The van der Waals surface area contributed by atoms with Crippen LogP contribution in [0.25, 0.3) is 5.95 Å². The molecule has 1 N–H and O–H groups in total. The Labute approximate surface area is 125 Å². The molecule has 1 aromatic carbocycles. The summed E-state index contributed by atoms with van der Waals surface area (Å²) in [6.07, 6.45) is 2.99. The van der Waals surface area contributed by atoms with Crippen molar-refractivity contribution in [3.05, 3.63) is 42.5 Å². The highest BCUT2D eigenvalue weighted by molar-refractivity contribution is 7.99. The van der Waals surface area contributed by atoms with E-state index in [-0.39, 0.29) is 0 Å². The quantitative estimate of drug-likeness (QED) is 0.788. The van der Waals surface area contributed by atoms with Crippen molar-refractivity contribution in [2.45, 2.75) is 17.0 Å². The van der Waals surface area contributed by atoms with Crippen LogP contribution >= 0.6 is 11.8 Å². The molecule has 3 aromatic rings. The molecule has 2 heterocycles. The Kier molecular flexibility index (Phi) is 3.78. The van der Waals surface area contributed by atoms with Gasteiger partial charge in [0.2, 0.25) is 5.95 Å². The van der Waals surface area contributed by atoms with Crippen molar-refractivity contribution >= 4 is 17.7 Å². The van der Waals surface area contributed by atoms with Gasteiger partial charge in [0.05, 0.1) is 0 Å². The average Bonchev–Trinajstić information content (AvgIpc) is 3.01. The summed E-state index contributed by atoms with van der Waals surface area (Å²) in [6.45, 7) is 2.05. The number of nitrogens with zero attached hydrogens (tertiary/aromatic N) is 6. The number of aryl methyl sites for hydroxylation is 1. The van der Waals surface area contributed by atoms with E-state index in [0.29, 0.717) is 17.1 Å². The van der Waals surface area contributed by atoms with Crippen LogP contribution in [0.3, 0.4) is 0 Å². The molecule has 2 aromatic heterocycles. The minimum atomic E-state index is 0.432. The molecule has 0 saturated carbocycles. The van der Waals surface area contributed by atoms with Gasteiger partial charge in [-0.1, -0.05) is 17.7 Å². The van der Waals surface area contributed by atoms with Crippen molar-refractivity contribution in [1.29, 1.82) is 0 Å². The smallest absolute Gasteiger partial charge is 0.257 e. The molecule has 21 heavy (non-hydrogen) atoms. The molecule has 0 aliphatic rings. The third-order valence-corrected chi connectivity index (χ3v) is 3.50. The zero-order valence-corrected chi connectivity index (χ0v) is 12.4. The van der Waals surface area contributed by atoms with Crippen molar-refractivity contribution in [2.75, 3.05) is 12.4 Å². The molecule has 0 saturated heterocycles. The maximum atomic E-state index is 4.41. The monoisotopic (exact) mass is 299 g/mol. The van der Waals surface area contributed by atoms with E-state index < -0.39 is 0 Å². The molecule has 0 amide bonds. The molecule has 0 aliphatic heterocycles. The van der Waals surface area contributed by atoms with E-state index in [1.54, 1.807) is 13.4 Å². The van der Waals surface area contributed by atoms with Crippen molar-refractivity contribution in [3.63, 3.8) is 0 Å². The predicted molar refractivity (Wildman–Crippen MR) is 79.6 cm³/mol. The number of nitrogens with one attached hydrogen (secondary N) is 1. The van der Waals surface area contributed by atoms with E-state index in [0.717, 1.165) is 4.90 Å². The second-order valence-electron chi connectivity index (χ2n) is 4.25. The van der Waals surface area contributed by atoms with Crippen molar-refractivity contribution in [1.82, 2.24) is 29.7 Å². The van der Waals surface area contributed by atoms with Gasteiger partial charge in [0.15, 0.2) is 5.16 Å². The molecule has 0 bridgehead atoms. The first-order valence-corrected chi connectivity index (χ1v) is 7.09. The van der Waals surface area contributed by atoms with Crippen LogP contribution in [0, 0.1) is 6.92 Å². The lowest BCUT2D eigenvalue weighted by atomic mass is 10.2. The average molecular weight is 299 g/mol. The number of aromatic nitrogens is 6. The number of benzene rings is 1. The van der Waals surface area contributed by atoms with Gasteiger partial charge in [-0.3, -0.25) is 0 Å². The third-order valence-electron chi connectivity index (χ3n) is 2.65. The van der Waals surface area contributed by atoms with Crippen molar-refractivity contribution < 1.29 is 0 Å². The van der Waals surface area contributed by atoms with Gasteiger partial charge in [0.25, 0.3) is 5.95 Å². The Balaban J connectivity index is 1.96. The lowest BCUT2D eigenvalue weighted by molar-refractivity contribution is 0.761. The van der Waals surface area contributed by atoms with Crippen LogP contribution in [-0.2, 0) is 0 Å². The van der Waals surface area contributed by atoms with Gasteiger partial charge in [-0.15, -0.1) is 0 Å². The first-order valence-electron chi connectivity index (χ1n) is 6.28. The zero-order valence-electron chi connectivity index (χ0n) is 11.6. The van der Waals surface area contributed by atoms with E-state index in [4.69, 9.17) is 0 Å². The summed E-state index contributed by atoms with van der Waals surface area (Å²) in [7, 11) is 1.77. The normalized spacial score (nSPS) is 10.6. The van der Waals surface area contributed by atoms with Crippen LogP contribution in [0.15, 0.2) is 47.0 Å². The molecular weight excluding hydrogens is 286 g/mol. The summed E-state index contributed by atoms with van der Waals surface area (Å²) in [5.74, 6) is 0.924. The Morgan fingerprint density at radius 1 is 1.19 bits per heavy atom. The molecule has 0 spiro atoms. The van der Waals surface area contributed by atoms with Gasteiger partial charge in [-0.05, 0) is 30.8 Å². The lowest BCUT2D eigenvalue weighted by Crippen LogP contribution is -2.07. The molecule has 7 nitrogen and oxygen atoms in total. The Morgan fingerprint density at radius 3 is 2.81 bits per heavy atom. The molecule has 0 radical (unpaired) electrons. The molecule has 0 atom stereocenters. The molecule has 0 aliphatic carbocycles. The summed E-state index contributed by atoms with van der Waals surface area (Å²) in [6, 6.07) is 8.17. The van der Waals surface area contributed by atoms with E-state index in [9.17, 15) is 0 Å². The maximum Gasteiger partial charge on any atom is 0.257 e. The summed E-state index contributed by atoms with van der Waals surface area (Å²) < 4.78 is 1.50. The SMILES string of the molecule is CNc1nc(Sc2cccc(C)c2)nc(-n2cncn2)n1. The van der Waals surface area contributed by atoms with Crippen molar-refractivity contribution in [2.24, 2.45) is 0 Å². The van der Waals surface area contributed by atoms with Crippen LogP contribution in [-0.4, -0.2) is 36.8 Å². The van der Waals surface area contributed by atoms with Crippen LogP contribution in [0.5, 0.6) is 0 Å². The fourth-order valence-corrected chi connectivity index (χ4v) is 2.56. The van der Waals surface area contributed by atoms with Crippen LogP contribution in [0.1, 0.15) is 5.56 Å². The molecule has 0 unspecified atom stereocenters. The fourth-order valence-electron chi connectivity index (χ4n) is 1.70. The summed E-state index contributed by atoms with van der Waals surface area (Å²) in [4.78, 5) is 18.0. The van der Waals surface area contributed by atoms with Crippen LogP contribution < -0.4 is 5.32 Å². The topological polar surface area (TPSA) is 81.4 Å². The summed E-state index contributed by atoms with van der Waals surface area (Å²) >= 11 is 1.48. The van der Waals surface area contributed by atoms with E-state index in [1.165, 1.54) is 28.3 Å². The number of anilines is 1. The van der Waals surface area contributed by atoms with E-state index in [2.05, 4.69) is 49.4 Å². The molecule has 8 heteroatoms. The number of hydrogen-bond acceptors (Lipinski definition) is 7. The number of hydrogen-bond donors (Lipinski definition) is 1. The fraction of sp³-hybridized carbons (Fsp3) is 0.154. The summed E-state index contributed by atoms with van der Waals surface area (Å²) in [5, 5.41) is 7.57. The first-order chi connectivity index (χ1) is 10.2. The first kappa shape index (κ1) is 13.5. The van der Waals surface area contributed by atoms with E-state index >= 15 is 0 Å². The van der Waals surface area contributed by atoms with Crippen LogP contribution in [0.2, 0.25) is 0 Å². The molecule has 106 valence electrons. The molecular formula is C13H13N7S. The van der Waals surface area contributed by atoms with Gasteiger partial charge < -0.3 is 5.32 Å². The highest BCUT2D eigenvalue weighted by atomic mass is 32.2. The van der Waals surface area contributed by atoms with E-state index in [1.807, 2.05) is 12.1 Å². The van der Waals surface area contributed by atoms with Gasteiger partial charge in [-0.25, -0.2) is 4.98 Å². The second-order valence-corrected chi connectivity index (χ2v) is 5.29. The molecule has 3 rings (SSSR count). The predicted octanol–water partition coefficient (Wildman–Crippen LogP) is 1.95. The van der Waals surface area contributed by atoms with Gasteiger partial charge in [-0.2, -0.15) is 24.7 Å². The van der Waals surface area contributed by atoms with Gasteiger partial charge in [0.1, 0.15) is 12.7 Å². The van der Waals surface area contributed by atoms with Gasteiger partial charge in [0, 0.05) is 11.9 Å². The standard InChI is InChI=1S/C13H13N7S/c1-9-4-3-5-10(6-9)21-13-18-11(14-2)17-12(19-13)20-8-15-7-16-20/h3-8H,1-2H3,(H,14,17,18,19). The maximum absolute atomic E-state index is 4.41. The largest absolute Gasteiger partial charge is 0.357 e. The Morgan fingerprint density at radius 2 is 2.10 bits per heavy atom. The lowest BCUT2D eigenvalue weighted by Gasteiger charge is -2.06. The third kappa shape index (κ3) is 3.16. The minimum absolute atomic E-state index is 0.432. The highest BCUT2D eigenvalue weighted by Gasteiger charge is 2.09. The van der Waals surface area contributed by atoms with Gasteiger partial charge >= 0.3 is 0 Å².